The predicted octanol–water partition coefficient (Wildman–Crippen LogP) is 24.5. The summed E-state index contributed by atoms with van der Waals surface area (Å²) in [6, 6.07) is 117. The van der Waals surface area contributed by atoms with E-state index in [0.717, 1.165) is 22.3 Å². The van der Waals surface area contributed by atoms with Crippen molar-refractivity contribution in [2.75, 3.05) is 0 Å². The van der Waals surface area contributed by atoms with Gasteiger partial charge in [-0.25, -0.2) is 0 Å². The summed E-state index contributed by atoms with van der Waals surface area (Å²) in [6.07, 6.45) is 4.03. The van der Waals surface area contributed by atoms with E-state index in [1.165, 1.54) is 174 Å². The van der Waals surface area contributed by atoms with Crippen LogP contribution in [0.5, 0.6) is 0 Å². The first-order valence-corrected chi connectivity index (χ1v) is 34.2. The Morgan fingerprint density at radius 1 is 0.181 bits per heavy atom. The fourth-order valence-electron chi connectivity index (χ4n) is 17.6. The molecule has 0 saturated carbocycles. The molecule has 0 bridgehead atoms. The molecule has 3 heterocycles. The molecule has 4 aliphatic carbocycles. The van der Waals surface area contributed by atoms with Gasteiger partial charge in [0.15, 0.2) is 0 Å². The average Bonchev–Trinajstić information content (AvgIpc) is 1.52. The van der Waals surface area contributed by atoms with Crippen LogP contribution in [-0.2, 0) is 10.8 Å². The summed E-state index contributed by atoms with van der Waals surface area (Å²) < 4.78 is 5.21. The van der Waals surface area contributed by atoms with Gasteiger partial charge < -0.3 is 0 Å². The van der Waals surface area contributed by atoms with E-state index in [0.29, 0.717) is 0 Å². The van der Waals surface area contributed by atoms with Crippen LogP contribution in [0.2, 0.25) is 0 Å². The first kappa shape index (κ1) is 52.3. The zero-order chi connectivity index (χ0) is 61.4. The summed E-state index contributed by atoms with van der Waals surface area (Å²) >= 11 is 3.83. The van der Waals surface area contributed by atoms with E-state index in [-0.39, 0.29) is 10.8 Å². The van der Waals surface area contributed by atoms with E-state index in [4.69, 9.17) is 4.98 Å². The number of aromatic nitrogens is 1. The molecule has 2 spiro atoms. The lowest BCUT2D eigenvalue weighted by molar-refractivity contribution is 0.794. The highest BCUT2D eigenvalue weighted by Crippen LogP contribution is 2.65. The molecule has 14 aromatic carbocycles. The number of nitrogens with zero attached hydrogens (tertiary/aromatic N) is 1. The highest BCUT2D eigenvalue weighted by Gasteiger charge is 2.53. The first-order chi connectivity index (χ1) is 46.6. The second-order valence-corrected chi connectivity index (χ2v) is 27.9. The molecule has 0 amide bonds. The Hall–Kier alpha value is -11.3. The number of rotatable bonds is 6. The summed E-state index contributed by atoms with van der Waals surface area (Å²) in [7, 11) is 0. The highest BCUT2D eigenvalue weighted by atomic mass is 32.1. The summed E-state index contributed by atoms with van der Waals surface area (Å²) in [4.78, 5) is 4.93. The van der Waals surface area contributed by atoms with Gasteiger partial charge in [0.2, 0.25) is 0 Å². The monoisotopic (exact) mass is 1220 g/mol. The highest BCUT2D eigenvalue weighted by molar-refractivity contribution is 7.27. The molecule has 4 aliphatic rings. The van der Waals surface area contributed by atoms with Crippen LogP contribution >= 0.6 is 22.7 Å². The molecule has 0 fully saturated rings. The van der Waals surface area contributed by atoms with Gasteiger partial charge in [0.25, 0.3) is 0 Å². The van der Waals surface area contributed by atoms with Gasteiger partial charge in [-0.1, -0.05) is 279 Å². The van der Waals surface area contributed by atoms with Crippen molar-refractivity contribution < 1.29 is 0 Å². The van der Waals surface area contributed by atoms with Crippen LogP contribution in [0.1, 0.15) is 44.5 Å². The molecule has 3 heteroatoms. The molecular formula is C91H53NS2. The summed E-state index contributed by atoms with van der Waals surface area (Å²) in [5.74, 6) is 0. The lowest BCUT2D eigenvalue weighted by atomic mass is 9.70. The van der Waals surface area contributed by atoms with E-state index in [9.17, 15) is 0 Å². The molecule has 0 N–H and O–H groups in total. The lowest BCUT2D eigenvalue weighted by Crippen LogP contribution is -2.25. The molecule has 0 saturated heterocycles. The molecule has 1 nitrogen and oxygen atoms in total. The molecule has 434 valence electrons. The third kappa shape index (κ3) is 6.99. The zero-order valence-electron chi connectivity index (χ0n) is 50.9. The van der Waals surface area contributed by atoms with Gasteiger partial charge >= 0.3 is 0 Å². The second-order valence-electron chi connectivity index (χ2n) is 25.9. The van der Waals surface area contributed by atoms with Gasteiger partial charge in [-0.15, -0.1) is 22.7 Å². The van der Waals surface area contributed by atoms with Gasteiger partial charge in [-0.05, 0) is 175 Å². The van der Waals surface area contributed by atoms with Gasteiger partial charge in [-0.2, -0.15) is 0 Å². The molecule has 17 aromatic rings. The zero-order valence-corrected chi connectivity index (χ0v) is 52.5. The van der Waals surface area contributed by atoms with Crippen LogP contribution in [0.3, 0.4) is 0 Å². The number of fused-ring (bicyclic) bond motifs is 26. The fraction of sp³-hybridized carbons (Fsp3) is 0.0220. The molecule has 0 radical (unpaired) electrons. The van der Waals surface area contributed by atoms with Gasteiger partial charge in [0.1, 0.15) is 0 Å². The van der Waals surface area contributed by atoms with Crippen molar-refractivity contribution in [2.24, 2.45) is 0 Å². The largest absolute Gasteiger partial charge is 0.263 e. The summed E-state index contributed by atoms with van der Waals surface area (Å²) in [5.41, 5.74) is 35.1. The van der Waals surface area contributed by atoms with Crippen molar-refractivity contribution in [3.05, 3.63) is 366 Å². The Labute approximate surface area is 552 Å². The SMILES string of the molecule is c1cc(-c2cncc(-c3cccc(-c4cccc5c4sc4c(-c6ccc7c(c6)-c6ccccc6C76c7ccccc7-c7ccccc76)cccc45)c3)c2)cc(-c2cccc3c2sc2c(-c4ccc5c(c4)-c4ccccc4C54c5ccccc5-c5ccccc54)cccc23)c1. The van der Waals surface area contributed by atoms with Crippen LogP contribution in [0.15, 0.2) is 322 Å². The molecule has 0 aliphatic heterocycles. The quantitative estimate of drug-likeness (QED) is 0.162. The van der Waals surface area contributed by atoms with E-state index >= 15 is 0 Å². The molecule has 3 aromatic heterocycles. The first-order valence-electron chi connectivity index (χ1n) is 32.5. The van der Waals surface area contributed by atoms with Gasteiger partial charge in [-0.3, -0.25) is 4.98 Å². The Morgan fingerprint density at radius 2 is 0.426 bits per heavy atom. The summed E-state index contributed by atoms with van der Waals surface area (Å²) in [6.45, 7) is 0. The van der Waals surface area contributed by atoms with Crippen molar-refractivity contribution in [2.45, 2.75) is 10.8 Å². The third-order valence-electron chi connectivity index (χ3n) is 21.4. The van der Waals surface area contributed by atoms with Crippen LogP contribution < -0.4 is 0 Å². The van der Waals surface area contributed by atoms with Gasteiger partial charge in [0.05, 0.1) is 10.8 Å². The van der Waals surface area contributed by atoms with Crippen molar-refractivity contribution >= 4 is 63.0 Å². The van der Waals surface area contributed by atoms with Crippen LogP contribution in [-0.4, -0.2) is 4.98 Å². The Morgan fingerprint density at radius 3 is 0.755 bits per heavy atom. The summed E-state index contributed by atoms with van der Waals surface area (Å²) in [5, 5.41) is 5.14. The van der Waals surface area contributed by atoms with Crippen molar-refractivity contribution in [3.8, 4) is 111 Å². The topological polar surface area (TPSA) is 12.9 Å². The van der Waals surface area contributed by atoms with Crippen molar-refractivity contribution in [1.29, 1.82) is 0 Å². The number of hydrogen-bond acceptors (Lipinski definition) is 3. The van der Waals surface area contributed by atoms with Crippen LogP contribution in [0.4, 0.5) is 0 Å². The Balaban J connectivity index is 0.613. The van der Waals surface area contributed by atoms with E-state index in [1.807, 2.05) is 35.1 Å². The number of pyridine rings is 1. The second kappa shape index (κ2) is 19.6. The molecule has 21 rings (SSSR count). The average molecular weight is 1220 g/mol. The maximum Gasteiger partial charge on any atom is 0.0725 e. The lowest BCUT2D eigenvalue weighted by Gasteiger charge is -2.30. The maximum absolute atomic E-state index is 4.93. The Kier molecular flexibility index (Phi) is 10.9. The fourth-order valence-corrected chi connectivity index (χ4v) is 20.3. The van der Waals surface area contributed by atoms with Crippen molar-refractivity contribution in [1.82, 2.24) is 4.98 Å². The molecular weight excluding hydrogens is 1170 g/mol. The van der Waals surface area contributed by atoms with E-state index in [1.54, 1.807) is 0 Å². The molecule has 0 unspecified atom stereocenters. The van der Waals surface area contributed by atoms with Gasteiger partial charge in [0, 0.05) is 63.9 Å². The smallest absolute Gasteiger partial charge is 0.0725 e. The minimum Gasteiger partial charge on any atom is -0.263 e. The van der Waals surface area contributed by atoms with Crippen LogP contribution in [0.25, 0.3) is 152 Å². The minimum absolute atomic E-state index is 0.361. The van der Waals surface area contributed by atoms with E-state index in [2.05, 4.69) is 309 Å². The minimum atomic E-state index is -0.361. The normalized spacial score (nSPS) is 13.7. The molecule has 94 heavy (non-hydrogen) atoms. The molecule has 0 atom stereocenters. The number of hydrogen-bond donors (Lipinski definition) is 0. The number of thiophene rings is 2. The third-order valence-corrected chi connectivity index (χ3v) is 24.0. The maximum atomic E-state index is 4.93. The number of benzene rings is 14. The van der Waals surface area contributed by atoms with Crippen LogP contribution in [0, 0.1) is 0 Å². The Bertz CT molecular complexity index is 5690. The standard InChI is InChI=1S/C91H53NS2/c1-7-37-78-66(23-1)67-24-2-8-38-79(67)90(78)82-41-11-5-27-70(82)76-50-58(43-45-84(76)90)64-31-17-35-74-72-33-15-29-62(86(72)93-88(64)74)56-21-13-19-54(47-56)60-49-61(53-92-52-60)55-20-14-22-57(48-55)63-30-16-34-73-75-36-18-32-65(89(75)94-87(63)73)59-44-46-85-77(51-59)71-28-6-12-42-83(71)91(85)80-39-9-3-25-68(80)69-26-4-10-40-81(69)91/h1-53H. The van der Waals surface area contributed by atoms with Crippen molar-refractivity contribution in [3.63, 3.8) is 0 Å². The predicted molar refractivity (Wildman–Crippen MR) is 395 cm³/mol. The van der Waals surface area contributed by atoms with E-state index < -0.39 is 0 Å².